The molecule has 2 amide bonds. The van der Waals surface area contributed by atoms with E-state index in [0.717, 1.165) is 34.8 Å². The molecule has 3 aromatic rings. The summed E-state index contributed by atoms with van der Waals surface area (Å²) in [5.74, 6) is 2.53. The molecule has 0 aliphatic heterocycles. The molecule has 6 nitrogen and oxygen atoms in total. The first-order valence-electron chi connectivity index (χ1n) is 8.74. The van der Waals surface area contributed by atoms with E-state index < -0.39 is 0 Å². The maximum absolute atomic E-state index is 12.5. The summed E-state index contributed by atoms with van der Waals surface area (Å²) < 4.78 is 7.19. The molecule has 0 aliphatic rings. The third-order valence-corrected chi connectivity index (χ3v) is 5.04. The highest BCUT2D eigenvalue weighted by molar-refractivity contribution is 7.98. The van der Waals surface area contributed by atoms with Gasteiger partial charge in [-0.2, -0.15) is 11.8 Å². The molecule has 2 N–H and O–H groups in total. The standard InChI is InChI=1S/C20H24N4O2S/c1-24-18-7-5-4-6-16(18)22-19(24)17(12-13-27-3)23-20(25)21-14-8-10-15(26-2)11-9-14/h4-11,17H,12-13H2,1-3H3,(H2,21,23,25)/t17-/m0/s1. The first-order chi connectivity index (χ1) is 13.1. The van der Waals surface area contributed by atoms with Crippen LogP contribution in [-0.4, -0.2) is 34.7 Å². The zero-order valence-corrected chi connectivity index (χ0v) is 16.5. The van der Waals surface area contributed by atoms with Crippen molar-refractivity contribution in [2.75, 3.05) is 24.4 Å². The summed E-state index contributed by atoms with van der Waals surface area (Å²) in [6.07, 6.45) is 2.86. The lowest BCUT2D eigenvalue weighted by molar-refractivity contribution is 0.247. The smallest absolute Gasteiger partial charge is 0.319 e. The first-order valence-corrected chi connectivity index (χ1v) is 10.1. The van der Waals surface area contributed by atoms with Crippen LogP contribution in [-0.2, 0) is 7.05 Å². The predicted molar refractivity (Wildman–Crippen MR) is 112 cm³/mol. The molecule has 27 heavy (non-hydrogen) atoms. The van der Waals surface area contributed by atoms with Crippen molar-refractivity contribution in [2.24, 2.45) is 7.05 Å². The first kappa shape index (κ1) is 19.1. The van der Waals surface area contributed by atoms with Gasteiger partial charge in [0.1, 0.15) is 11.6 Å². The van der Waals surface area contributed by atoms with Gasteiger partial charge in [0.05, 0.1) is 24.2 Å². The van der Waals surface area contributed by atoms with Crippen LogP contribution in [0.4, 0.5) is 10.5 Å². The Kier molecular flexibility index (Phi) is 6.24. The number of benzene rings is 2. The van der Waals surface area contributed by atoms with Crippen molar-refractivity contribution in [1.82, 2.24) is 14.9 Å². The number of rotatable bonds is 7. The van der Waals surface area contributed by atoms with E-state index in [9.17, 15) is 4.79 Å². The highest BCUT2D eigenvalue weighted by Gasteiger charge is 2.20. The number of hydrogen-bond donors (Lipinski definition) is 2. The van der Waals surface area contributed by atoms with Crippen LogP contribution in [0.25, 0.3) is 11.0 Å². The van der Waals surface area contributed by atoms with Crippen LogP contribution in [0, 0.1) is 0 Å². The predicted octanol–water partition coefficient (Wildman–Crippen LogP) is 4.20. The molecule has 0 fully saturated rings. The van der Waals surface area contributed by atoms with Gasteiger partial charge in [0.2, 0.25) is 0 Å². The highest BCUT2D eigenvalue weighted by atomic mass is 32.2. The molecule has 1 aromatic heterocycles. The maximum Gasteiger partial charge on any atom is 0.319 e. The number of fused-ring (bicyclic) bond motifs is 1. The molecule has 0 radical (unpaired) electrons. The molecular weight excluding hydrogens is 360 g/mol. The third-order valence-electron chi connectivity index (χ3n) is 4.40. The number of methoxy groups -OCH3 is 1. The highest BCUT2D eigenvalue weighted by Crippen LogP contribution is 2.23. The summed E-state index contributed by atoms with van der Waals surface area (Å²) in [6.45, 7) is 0. The Balaban J connectivity index is 1.77. The van der Waals surface area contributed by atoms with Gasteiger partial charge in [-0.15, -0.1) is 0 Å². The zero-order chi connectivity index (χ0) is 19.2. The van der Waals surface area contributed by atoms with Crippen molar-refractivity contribution < 1.29 is 9.53 Å². The molecule has 3 rings (SSSR count). The fourth-order valence-corrected chi connectivity index (χ4v) is 3.45. The van der Waals surface area contributed by atoms with E-state index in [4.69, 9.17) is 9.72 Å². The average Bonchev–Trinajstić information content (AvgIpc) is 3.02. The topological polar surface area (TPSA) is 68.2 Å². The Bertz CT molecular complexity index is 908. The number of anilines is 1. The Hall–Kier alpha value is -2.67. The minimum atomic E-state index is -0.252. The summed E-state index contributed by atoms with van der Waals surface area (Å²) in [4.78, 5) is 17.3. The number of carbonyl (C=O) groups is 1. The van der Waals surface area contributed by atoms with Crippen molar-refractivity contribution in [3.63, 3.8) is 0 Å². The number of thioether (sulfide) groups is 1. The van der Waals surface area contributed by atoms with Crippen molar-refractivity contribution in [1.29, 1.82) is 0 Å². The number of aromatic nitrogens is 2. The van der Waals surface area contributed by atoms with Gasteiger partial charge in [-0.25, -0.2) is 9.78 Å². The molecule has 0 aliphatic carbocycles. The van der Waals surface area contributed by atoms with Crippen LogP contribution < -0.4 is 15.4 Å². The molecule has 0 saturated heterocycles. The molecule has 0 saturated carbocycles. The summed E-state index contributed by atoms with van der Waals surface area (Å²) in [6, 6.07) is 14.8. The van der Waals surface area contributed by atoms with Gasteiger partial charge in [-0.3, -0.25) is 0 Å². The summed E-state index contributed by atoms with van der Waals surface area (Å²) >= 11 is 1.75. The number of para-hydroxylation sites is 2. The molecule has 0 spiro atoms. The number of amides is 2. The minimum Gasteiger partial charge on any atom is -0.497 e. The fourth-order valence-electron chi connectivity index (χ4n) is 2.98. The number of nitrogens with one attached hydrogen (secondary N) is 2. The largest absolute Gasteiger partial charge is 0.497 e. The molecular formula is C20H24N4O2S. The number of ether oxygens (including phenoxy) is 1. The lowest BCUT2D eigenvalue weighted by atomic mass is 10.2. The van der Waals surface area contributed by atoms with Gasteiger partial charge in [0.25, 0.3) is 0 Å². The van der Waals surface area contributed by atoms with Crippen molar-refractivity contribution in [2.45, 2.75) is 12.5 Å². The molecule has 7 heteroatoms. The van der Waals surface area contributed by atoms with Gasteiger partial charge in [-0.1, -0.05) is 12.1 Å². The molecule has 1 atom stereocenters. The number of hydrogen-bond acceptors (Lipinski definition) is 4. The maximum atomic E-state index is 12.5. The normalized spacial score (nSPS) is 12.0. The van der Waals surface area contributed by atoms with Crippen LogP contribution in [0.3, 0.4) is 0 Å². The van der Waals surface area contributed by atoms with Crippen LogP contribution in [0.15, 0.2) is 48.5 Å². The summed E-state index contributed by atoms with van der Waals surface area (Å²) in [7, 11) is 3.60. The van der Waals surface area contributed by atoms with Crippen LogP contribution in [0.5, 0.6) is 5.75 Å². The van der Waals surface area contributed by atoms with Gasteiger partial charge in [0.15, 0.2) is 0 Å². The Morgan fingerprint density at radius 1 is 1.22 bits per heavy atom. The van der Waals surface area contributed by atoms with Crippen LogP contribution in [0.1, 0.15) is 18.3 Å². The number of urea groups is 1. The number of aryl methyl sites for hydroxylation is 1. The number of imidazole rings is 1. The monoisotopic (exact) mass is 384 g/mol. The molecule has 142 valence electrons. The van der Waals surface area contributed by atoms with E-state index >= 15 is 0 Å². The zero-order valence-electron chi connectivity index (χ0n) is 15.7. The van der Waals surface area contributed by atoms with E-state index in [1.807, 2.05) is 60.1 Å². The van der Waals surface area contributed by atoms with E-state index in [0.29, 0.717) is 5.69 Å². The second-order valence-corrected chi connectivity index (χ2v) is 7.16. The second-order valence-electron chi connectivity index (χ2n) is 6.18. The van der Waals surface area contributed by atoms with Crippen LogP contribution in [0.2, 0.25) is 0 Å². The van der Waals surface area contributed by atoms with Gasteiger partial charge in [0, 0.05) is 12.7 Å². The fraction of sp³-hybridized carbons (Fsp3) is 0.300. The van der Waals surface area contributed by atoms with E-state index in [-0.39, 0.29) is 12.1 Å². The lowest BCUT2D eigenvalue weighted by Crippen LogP contribution is -2.34. The van der Waals surface area contributed by atoms with Crippen molar-refractivity contribution in [3.05, 3.63) is 54.4 Å². The molecule has 0 unspecified atom stereocenters. The van der Waals surface area contributed by atoms with E-state index in [1.54, 1.807) is 18.9 Å². The SMILES string of the molecule is COc1ccc(NC(=O)N[C@@H](CCSC)c2nc3ccccc3n2C)cc1. The Morgan fingerprint density at radius 2 is 1.96 bits per heavy atom. The Morgan fingerprint density at radius 3 is 2.63 bits per heavy atom. The van der Waals surface area contributed by atoms with Crippen LogP contribution >= 0.6 is 11.8 Å². The van der Waals surface area contributed by atoms with E-state index in [1.165, 1.54) is 0 Å². The summed E-state index contributed by atoms with van der Waals surface area (Å²) in [5, 5.41) is 5.94. The molecule has 1 heterocycles. The van der Waals surface area contributed by atoms with Crippen molar-refractivity contribution in [3.8, 4) is 5.75 Å². The van der Waals surface area contributed by atoms with Gasteiger partial charge >= 0.3 is 6.03 Å². The van der Waals surface area contributed by atoms with Gasteiger partial charge < -0.3 is 19.9 Å². The van der Waals surface area contributed by atoms with E-state index in [2.05, 4.69) is 16.9 Å². The number of nitrogens with zero attached hydrogens (tertiary/aromatic N) is 2. The Labute approximate surface area is 163 Å². The third kappa shape index (κ3) is 4.54. The molecule has 2 aromatic carbocycles. The lowest BCUT2D eigenvalue weighted by Gasteiger charge is -2.19. The summed E-state index contributed by atoms with van der Waals surface area (Å²) in [5.41, 5.74) is 2.70. The minimum absolute atomic E-state index is 0.173. The quantitative estimate of drug-likeness (QED) is 0.641. The van der Waals surface area contributed by atoms with Gasteiger partial charge in [-0.05, 0) is 54.8 Å². The number of carbonyl (C=O) groups excluding carboxylic acids is 1. The second kappa shape index (κ2) is 8.81. The average molecular weight is 385 g/mol. The van der Waals surface area contributed by atoms with Crippen molar-refractivity contribution >= 4 is 34.5 Å². The molecule has 0 bridgehead atoms.